The van der Waals surface area contributed by atoms with Crippen LogP contribution in [0.1, 0.15) is 49.8 Å². The molecule has 11 nitrogen and oxygen atoms in total. The van der Waals surface area contributed by atoms with Crippen LogP contribution >= 0.6 is 11.5 Å². The van der Waals surface area contributed by atoms with Crippen molar-refractivity contribution >= 4 is 40.6 Å². The second-order valence-electron chi connectivity index (χ2n) is 9.36. The maximum Gasteiger partial charge on any atom is 0.273 e. The largest absolute Gasteiger partial charge is 0.493 e. The van der Waals surface area contributed by atoms with Gasteiger partial charge in [-0.05, 0) is 52.8 Å². The molecule has 0 radical (unpaired) electrons. The van der Waals surface area contributed by atoms with Crippen LogP contribution in [0, 0.1) is 0 Å². The fraction of sp³-hybridized carbons (Fsp3) is 0.226. The van der Waals surface area contributed by atoms with Gasteiger partial charge in [0.2, 0.25) is 11.7 Å². The number of benzene rings is 3. The Hall–Kier alpha value is -5.10. The van der Waals surface area contributed by atoms with Gasteiger partial charge in [-0.2, -0.15) is 4.37 Å². The first-order valence-electron chi connectivity index (χ1n) is 13.3. The average Bonchev–Trinajstić information content (AvgIpc) is 3.43. The summed E-state index contributed by atoms with van der Waals surface area (Å²) in [6.45, 7) is 2.14. The van der Waals surface area contributed by atoms with Gasteiger partial charge in [0.15, 0.2) is 17.2 Å². The summed E-state index contributed by atoms with van der Waals surface area (Å²) in [7, 11) is 4.40. The van der Waals surface area contributed by atoms with Crippen LogP contribution in [0.25, 0.3) is 0 Å². The monoisotopic (exact) mass is 603 g/mol. The lowest BCUT2D eigenvalue weighted by Gasteiger charge is -2.33. The van der Waals surface area contributed by atoms with Crippen LogP contribution in [-0.4, -0.2) is 43.4 Å². The van der Waals surface area contributed by atoms with Crippen LogP contribution in [0.15, 0.2) is 66.7 Å². The normalized spacial score (nSPS) is 11.3. The summed E-state index contributed by atoms with van der Waals surface area (Å²) in [4.78, 5) is 42.0. The number of nitrogens with two attached hydrogens (primary N) is 2. The molecule has 0 fully saturated rings. The van der Waals surface area contributed by atoms with E-state index in [4.69, 9.17) is 25.7 Å². The SMILES string of the molecule is CCc1ccccc1N(C(=O)c1snc(C(N)=O)c1N)[C@H](C(=O)NCc1ccccc1)c1cc(OC)c(OC)c(OC)c1. The van der Waals surface area contributed by atoms with E-state index in [1.807, 2.05) is 49.4 Å². The predicted molar refractivity (Wildman–Crippen MR) is 165 cm³/mol. The molecule has 12 heteroatoms. The number of para-hydroxylation sites is 1. The fourth-order valence-electron chi connectivity index (χ4n) is 4.71. The number of hydrogen-bond acceptors (Lipinski definition) is 9. The lowest BCUT2D eigenvalue weighted by atomic mass is 9.99. The van der Waals surface area contributed by atoms with Crippen molar-refractivity contribution < 1.29 is 28.6 Å². The van der Waals surface area contributed by atoms with Gasteiger partial charge in [0.1, 0.15) is 10.9 Å². The fourth-order valence-corrected chi connectivity index (χ4v) is 5.45. The van der Waals surface area contributed by atoms with Crippen molar-refractivity contribution in [3.05, 3.63) is 94.0 Å². The minimum Gasteiger partial charge on any atom is -0.493 e. The van der Waals surface area contributed by atoms with Gasteiger partial charge < -0.3 is 31.0 Å². The third kappa shape index (κ3) is 6.38. The minimum atomic E-state index is -1.25. The maximum absolute atomic E-state index is 14.5. The number of nitrogen functional groups attached to an aromatic ring is 1. The van der Waals surface area contributed by atoms with Crippen LogP contribution in [0.2, 0.25) is 0 Å². The zero-order chi connectivity index (χ0) is 31.1. The number of anilines is 2. The summed E-state index contributed by atoms with van der Waals surface area (Å²) in [5.74, 6) is -1.09. The smallest absolute Gasteiger partial charge is 0.273 e. The molecule has 4 aromatic rings. The molecule has 3 aromatic carbocycles. The van der Waals surface area contributed by atoms with Crippen molar-refractivity contribution in [2.45, 2.75) is 25.9 Å². The molecule has 0 aliphatic heterocycles. The Balaban J connectivity index is 1.97. The highest BCUT2D eigenvalue weighted by Gasteiger charge is 2.38. The van der Waals surface area contributed by atoms with Crippen LogP contribution in [0.5, 0.6) is 17.2 Å². The Kier molecular flexibility index (Phi) is 9.83. The van der Waals surface area contributed by atoms with E-state index < -0.39 is 23.8 Å². The Labute approximate surface area is 253 Å². The Morgan fingerprint density at radius 3 is 2.14 bits per heavy atom. The highest BCUT2D eigenvalue weighted by atomic mass is 32.1. The molecule has 0 bridgehead atoms. The first-order chi connectivity index (χ1) is 20.7. The first-order valence-corrected chi connectivity index (χ1v) is 14.1. The van der Waals surface area contributed by atoms with E-state index in [0.717, 1.165) is 22.7 Å². The maximum atomic E-state index is 14.5. The molecule has 1 aromatic heterocycles. The van der Waals surface area contributed by atoms with Gasteiger partial charge in [-0.25, -0.2) is 0 Å². The van der Waals surface area contributed by atoms with E-state index in [-0.39, 0.29) is 22.8 Å². The standard InChI is InChI=1S/C31H33N5O6S/c1-5-19-13-9-10-14-21(19)36(31(39)28-24(32)25(29(33)37)35-43-28)26(30(38)34-17-18-11-7-6-8-12-18)20-15-22(40-2)27(42-4)23(16-20)41-3/h6-16,26H,5,17,32H2,1-4H3,(H2,33,37)(H,34,38)/t26-/m0/s1. The number of methoxy groups -OCH3 is 3. The molecule has 4 rings (SSSR count). The van der Waals surface area contributed by atoms with E-state index in [9.17, 15) is 14.4 Å². The number of carbonyl (C=O) groups excluding carboxylic acids is 3. The molecular weight excluding hydrogens is 570 g/mol. The van der Waals surface area contributed by atoms with Gasteiger partial charge in [-0.3, -0.25) is 19.3 Å². The molecule has 3 amide bonds. The molecule has 43 heavy (non-hydrogen) atoms. The highest BCUT2D eigenvalue weighted by molar-refractivity contribution is 7.09. The Bertz CT molecular complexity index is 1600. The number of nitrogens with one attached hydrogen (secondary N) is 1. The molecule has 0 saturated carbocycles. The van der Waals surface area contributed by atoms with E-state index in [0.29, 0.717) is 34.9 Å². The summed E-state index contributed by atoms with van der Waals surface area (Å²) >= 11 is 0.737. The van der Waals surface area contributed by atoms with Crippen molar-refractivity contribution in [3.8, 4) is 17.2 Å². The number of primary amides is 1. The predicted octanol–water partition coefficient (Wildman–Crippen LogP) is 4.12. The molecule has 0 saturated heterocycles. The van der Waals surface area contributed by atoms with Gasteiger partial charge in [0.05, 0.1) is 27.0 Å². The van der Waals surface area contributed by atoms with Crippen LogP contribution in [-0.2, 0) is 17.8 Å². The van der Waals surface area contributed by atoms with Crippen LogP contribution in [0.4, 0.5) is 11.4 Å². The third-order valence-corrected chi connectivity index (χ3v) is 7.68. The molecular formula is C31H33N5O6S. The highest BCUT2D eigenvalue weighted by Crippen LogP contribution is 2.43. The summed E-state index contributed by atoms with van der Waals surface area (Å²) in [5.41, 5.74) is 13.8. The summed E-state index contributed by atoms with van der Waals surface area (Å²) in [5, 5.41) is 2.97. The quantitative estimate of drug-likeness (QED) is 0.218. The van der Waals surface area contributed by atoms with Crippen molar-refractivity contribution in [1.29, 1.82) is 0 Å². The second kappa shape index (κ2) is 13.7. The molecule has 0 unspecified atom stereocenters. The number of hydrogen-bond donors (Lipinski definition) is 3. The molecule has 5 N–H and O–H groups in total. The van der Waals surface area contributed by atoms with Gasteiger partial charge in [-0.1, -0.05) is 55.5 Å². The summed E-state index contributed by atoms with van der Waals surface area (Å²) in [6.07, 6.45) is 0.554. The lowest BCUT2D eigenvalue weighted by molar-refractivity contribution is -0.122. The molecule has 0 spiro atoms. The first kappa shape index (κ1) is 30.8. The van der Waals surface area contributed by atoms with E-state index >= 15 is 0 Å². The topological polar surface area (TPSA) is 159 Å². The van der Waals surface area contributed by atoms with Crippen molar-refractivity contribution in [2.24, 2.45) is 5.73 Å². The number of aromatic nitrogens is 1. The number of rotatable bonds is 12. The summed E-state index contributed by atoms with van der Waals surface area (Å²) in [6, 6.07) is 18.6. The summed E-state index contributed by atoms with van der Waals surface area (Å²) < 4.78 is 20.7. The van der Waals surface area contributed by atoms with E-state index in [1.165, 1.54) is 26.2 Å². The van der Waals surface area contributed by atoms with Crippen LogP contribution in [0.3, 0.4) is 0 Å². The zero-order valence-electron chi connectivity index (χ0n) is 24.2. The molecule has 1 atom stereocenters. The second-order valence-corrected chi connectivity index (χ2v) is 10.1. The third-order valence-electron chi connectivity index (χ3n) is 6.83. The molecule has 0 aliphatic carbocycles. The van der Waals surface area contributed by atoms with Gasteiger partial charge in [0.25, 0.3) is 11.8 Å². The number of ether oxygens (including phenoxy) is 3. The van der Waals surface area contributed by atoms with E-state index in [2.05, 4.69) is 9.69 Å². The van der Waals surface area contributed by atoms with Crippen molar-refractivity contribution in [3.63, 3.8) is 0 Å². The molecule has 224 valence electrons. The van der Waals surface area contributed by atoms with Gasteiger partial charge >= 0.3 is 0 Å². The molecule has 0 aliphatic rings. The average molecular weight is 604 g/mol. The number of amides is 3. The van der Waals surface area contributed by atoms with Gasteiger partial charge in [0, 0.05) is 12.2 Å². The number of nitrogens with zero attached hydrogens (tertiary/aromatic N) is 2. The zero-order valence-corrected chi connectivity index (χ0v) is 25.1. The minimum absolute atomic E-state index is 0.0343. The Morgan fingerprint density at radius 1 is 0.953 bits per heavy atom. The van der Waals surface area contributed by atoms with E-state index in [1.54, 1.807) is 24.3 Å². The van der Waals surface area contributed by atoms with Crippen molar-refractivity contribution in [2.75, 3.05) is 32.0 Å². The molecule has 1 heterocycles. The van der Waals surface area contributed by atoms with Crippen LogP contribution < -0.4 is 35.9 Å². The Morgan fingerprint density at radius 2 is 1.58 bits per heavy atom. The van der Waals surface area contributed by atoms with Crippen molar-refractivity contribution in [1.82, 2.24) is 9.69 Å². The van der Waals surface area contributed by atoms with Gasteiger partial charge in [-0.15, -0.1) is 0 Å². The number of aryl methyl sites for hydroxylation is 1. The lowest BCUT2D eigenvalue weighted by Crippen LogP contribution is -2.44. The number of carbonyl (C=O) groups is 3.